The number of rotatable bonds is 2. The zero-order chi connectivity index (χ0) is 12.3. The monoisotopic (exact) mass is 231 g/mol. The molecule has 3 heteroatoms. The maximum absolute atomic E-state index is 12.1. The van der Waals surface area contributed by atoms with Gasteiger partial charge in [0.1, 0.15) is 0 Å². The minimum absolute atomic E-state index is 0.0296. The number of Topliss-reactive ketones (excluding diaryl/α,β-unsaturated/α-hetero) is 1. The number of carbonyl (C=O) groups is 2. The Labute approximate surface area is 101 Å². The van der Waals surface area contributed by atoms with Crippen LogP contribution in [0.1, 0.15) is 46.9 Å². The highest BCUT2D eigenvalue weighted by Gasteiger charge is 2.17. The number of ketones is 1. The molecule has 0 atom stereocenters. The van der Waals surface area contributed by atoms with Crippen LogP contribution in [0, 0.1) is 0 Å². The Bertz CT molecular complexity index is 416. The lowest BCUT2D eigenvalue weighted by molar-refractivity contribution is 0.0724. The van der Waals surface area contributed by atoms with Gasteiger partial charge in [-0.05, 0) is 38.3 Å². The molecule has 0 saturated carbocycles. The second-order valence-electron chi connectivity index (χ2n) is 4.49. The minimum atomic E-state index is 0.0296. The third-order valence-electron chi connectivity index (χ3n) is 3.18. The van der Waals surface area contributed by atoms with Crippen LogP contribution in [-0.2, 0) is 0 Å². The summed E-state index contributed by atoms with van der Waals surface area (Å²) in [5.74, 6) is 0.113. The van der Waals surface area contributed by atoms with Crippen molar-refractivity contribution >= 4 is 11.7 Å². The van der Waals surface area contributed by atoms with Gasteiger partial charge in [0.05, 0.1) is 0 Å². The first-order valence-corrected chi connectivity index (χ1v) is 6.09. The van der Waals surface area contributed by atoms with Gasteiger partial charge in [-0.3, -0.25) is 9.59 Å². The Morgan fingerprint density at radius 2 is 1.47 bits per heavy atom. The van der Waals surface area contributed by atoms with E-state index in [0.29, 0.717) is 11.1 Å². The van der Waals surface area contributed by atoms with E-state index in [1.807, 2.05) is 4.90 Å². The van der Waals surface area contributed by atoms with Crippen LogP contribution in [0.5, 0.6) is 0 Å². The molecule has 1 fully saturated rings. The molecule has 0 radical (unpaired) electrons. The maximum Gasteiger partial charge on any atom is 0.253 e. The van der Waals surface area contributed by atoms with Crippen LogP contribution in [0.25, 0.3) is 0 Å². The zero-order valence-corrected chi connectivity index (χ0v) is 10.1. The summed E-state index contributed by atoms with van der Waals surface area (Å²) in [6.07, 6.45) is 3.40. The second kappa shape index (κ2) is 5.13. The number of likely N-dealkylation sites (tertiary alicyclic amines) is 1. The van der Waals surface area contributed by atoms with E-state index < -0.39 is 0 Å². The number of piperidine rings is 1. The molecule has 1 aliphatic heterocycles. The average molecular weight is 231 g/mol. The van der Waals surface area contributed by atoms with Crippen LogP contribution in [0.3, 0.4) is 0 Å². The standard InChI is InChI=1S/C14H17NO2/c1-11(16)12-5-7-13(8-6-12)14(17)15-9-3-2-4-10-15/h5-8H,2-4,9-10H2,1H3. The van der Waals surface area contributed by atoms with E-state index in [9.17, 15) is 9.59 Å². The van der Waals surface area contributed by atoms with Crippen molar-refractivity contribution in [3.8, 4) is 0 Å². The van der Waals surface area contributed by atoms with Gasteiger partial charge in [-0.15, -0.1) is 0 Å². The summed E-state index contributed by atoms with van der Waals surface area (Å²) in [4.78, 5) is 25.1. The molecule has 0 unspecified atom stereocenters. The van der Waals surface area contributed by atoms with E-state index in [2.05, 4.69) is 0 Å². The molecule has 1 aliphatic rings. The lowest BCUT2D eigenvalue weighted by atomic mass is 10.1. The smallest absolute Gasteiger partial charge is 0.253 e. The van der Waals surface area contributed by atoms with E-state index in [0.717, 1.165) is 25.9 Å². The summed E-state index contributed by atoms with van der Waals surface area (Å²) in [5.41, 5.74) is 1.33. The van der Waals surface area contributed by atoms with Gasteiger partial charge in [0.15, 0.2) is 5.78 Å². The van der Waals surface area contributed by atoms with Crippen molar-refractivity contribution < 1.29 is 9.59 Å². The van der Waals surface area contributed by atoms with Crippen molar-refractivity contribution in [3.05, 3.63) is 35.4 Å². The highest BCUT2D eigenvalue weighted by molar-refractivity contribution is 5.97. The van der Waals surface area contributed by atoms with Gasteiger partial charge in [0, 0.05) is 24.2 Å². The zero-order valence-electron chi connectivity index (χ0n) is 10.1. The molecule has 0 aliphatic carbocycles. The van der Waals surface area contributed by atoms with Gasteiger partial charge < -0.3 is 4.90 Å². The van der Waals surface area contributed by atoms with Crippen LogP contribution < -0.4 is 0 Å². The lowest BCUT2D eigenvalue weighted by Gasteiger charge is -2.26. The van der Waals surface area contributed by atoms with Crippen molar-refractivity contribution in [1.82, 2.24) is 4.90 Å². The quantitative estimate of drug-likeness (QED) is 0.733. The second-order valence-corrected chi connectivity index (χ2v) is 4.49. The Morgan fingerprint density at radius 1 is 0.941 bits per heavy atom. The van der Waals surface area contributed by atoms with E-state index >= 15 is 0 Å². The Balaban J connectivity index is 2.10. The molecule has 0 spiro atoms. The topological polar surface area (TPSA) is 37.4 Å². The maximum atomic E-state index is 12.1. The Morgan fingerprint density at radius 3 is 2.00 bits per heavy atom. The number of hydrogen-bond acceptors (Lipinski definition) is 2. The number of hydrogen-bond donors (Lipinski definition) is 0. The molecule has 0 aromatic heterocycles. The summed E-state index contributed by atoms with van der Waals surface area (Å²) >= 11 is 0. The fraction of sp³-hybridized carbons (Fsp3) is 0.429. The fourth-order valence-corrected chi connectivity index (χ4v) is 2.13. The molecule has 1 heterocycles. The van der Waals surface area contributed by atoms with Crippen LogP contribution in [-0.4, -0.2) is 29.7 Å². The van der Waals surface area contributed by atoms with Crippen LogP contribution in [0.2, 0.25) is 0 Å². The molecular weight excluding hydrogens is 214 g/mol. The molecule has 0 N–H and O–H groups in total. The van der Waals surface area contributed by atoms with E-state index in [-0.39, 0.29) is 11.7 Å². The van der Waals surface area contributed by atoms with Gasteiger partial charge in [-0.2, -0.15) is 0 Å². The first-order valence-electron chi connectivity index (χ1n) is 6.09. The first kappa shape index (κ1) is 11.8. The lowest BCUT2D eigenvalue weighted by Crippen LogP contribution is -2.35. The minimum Gasteiger partial charge on any atom is -0.339 e. The molecule has 17 heavy (non-hydrogen) atoms. The number of benzene rings is 1. The molecule has 1 aromatic rings. The van der Waals surface area contributed by atoms with Gasteiger partial charge in [0.25, 0.3) is 5.91 Å². The van der Waals surface area contributed by atoms with Crippen molar-refractivity contribution in [2.24, 2.45) is 0 Å². The molecule has 2 rings (SSSR count). The largest absolute Gasteiger partial charge is 0.339 e. The van der Waals surface area contributed by atoms with Crippen LogP contribution in [0.15, 0.2) is 24.3 Å². The highest BCUT2D eigenvalue weighted by Crippen LogP contribution is 2.13. The predicted molar refractivity (Wildman–Crippen MR) is 66.2 cm³/mol. The predicted octanol–water partition coefficient (Wildman–Crippen LogP) is 2.52. The average Bonchev–Trinajstić information content (AvgIpc) is 2.39. The Kier molecular flexibility index (Phi) is 3.57. The van der Waals surface area contributed by atoms with E-state index in [1.54, 1.807) is 24.3 Å². The summed E-state index contributed by atoms with van der Waals surface area (Å²) < 4.78 is 0. The summed E-state index contributed by atoms with van der Waals surface area (Å²) in [7, 11) is 0. The van der Waals surface area contributed by atoms with Crippen molar-refractivity contribution in [1.29, 1.82) is 0 Å². The SMILES string of the molecule is CC(=O)c1ccc(C(=O)N2CCCCC2)cc1. The van der Waals surface area contributed by atoms with Crippen molar-refractivity contribution in [2.45, 2.75) is 26.2 Å². The third kappa shape index (κ3) is 2.73. The summed E-state index contributed by atoms with van der Waals surface area (Å²) in [6, 6.07) is 6.93. The highest BCUT2D eigenvalue weighted by atomic mass is 16.2. The number of nitrogens with zero attached hydrogens (tertiary/aromatic N) is 1. The van der Waals surface area contributed by atoms with Gasteiger partial charge in [-0.25, -0.2) is 0 Å². The molecule has 90 valence electrons. The molecular formula is C14H17NO2. The third-order valence-corrected chi connectivity index (χ3v) is 3.18. The van der Waals surface area contributed by atoms with Gasteiger partial charge in [-0.1, -0.05) is 12.1 Å². The van der Waals surface area contributed by atoms with E-state index in [1.165, 1.54) is 13.3 Å². The van der Waals surface area contributed by atoms with Gasteiger partial charge in [0.2, 0.25) is 0 Å². The summed E-state index contributed by atoms with van der Waals surface area (Å²) in [5, 5.41) is 0. The molecule has 3 nitrogen and oxygen atoms in total. The van der Waals surface area contributed by atoms with Crippen LogP contribution >= 0.6 is 0 Å². The molecule has 1 saturated heterocycles. The number of amides is 1. The molecule has 1 aromatic carbocycles. The van der Waals surface area contributed by atoms with Crippen molar-refractivity contribution in [2.75, 3.05) is 13.1 Å². The van der Waals surface area contributed by atoms with E-state index in [4.69, 9.17) is 0 Å². The number of carbonyl (C=O) groups excluding carboxylic acids is 2. The first-order chi connectivity index (χ1) is 8.18. The van der Waals surface area contributed by atoms with Gasteiger partial charge >= 0.3 is 0 Å². The fourth-order valence-electron chi connectivity index (χ4n) is 2.13. The van der Waals surface area contributed by atoms with Crippen molar-refractivity contribution in [3.63, 3.8) is 0 Å². The summed E-state index contributed by atoms with van der Waals surface area (Å²) in [6.45, 7) is 3.24. The van der Waals surface area contributed by atoms with Crippen LogP contribution in [0.4, 0.5) is 0 Å². The molecule has 0 bridgehead atoms. The Hall–Kier alpha value is -1.64. The molecule has 1 amide bonds. The normalized spacial score (nSPS) is 15.7.